The van der Waals surface area contributed by atoms with Crippen LogP contribution < -0.4 is 4.74 Å². The molecule has 26 heavy (non-hydrogen) atoms. The van der Waals surface area contributed by atoms with E-state index in [4.69, 9.17) is 4.74 Å². The predicted octanol–water partition coefficient (Wildman–Crippen LogP) is 4.32. The van der Waals surface area contributed by atoms with Gasteiger partial charge in [0, 0.05) is 25.5 Å². The molecule has 0 fully saturated rings. The van der Waals surface area contributed by atoms with E-state index in [1.807, 2.05) is 35.9 Å². The number of hydrogen-bond donors (Lipinski definition) is 0. The van der Waals surface area contributed by atoms with Crippen LogP contribution in [0.4, 0.5) is 0 Å². The highest BCUT2D eigenvalue weighted by Crippen LogP contribution is 2.28. The number of carbonyl (C=O) groups is 1. The van der Waals surface area contributed by atoms with E-state index in [1.165, 1.54) is 5.56 Å². The molecule has 0 spiro atoms. The second kappa shape index (κ2) is 7.48. The molecule has 0 aliphatic rings. The number of ether oxygens (including phenoxy) is 1. The Balaban J connectivity index is 1.96. The van der Waals surface area contributed by atoms with Gasteiger partial charge in [-0.1, -0.05) is 42.0 Å². The molecule has 0 aliphatic carbocycles. The summed E-state index contributed by atoms with van der Waals surface area (Å²) in [5, 5.41) is 0.940. The van der Waals surface area contributed by atoms with Crippen LogP contribution >= 0.6 is 0 Å². The van der Waals surface area contributed by atoms with Crippen molar-refractivity contribution in [1.82, 2.24) is 9.47 Å². The summed E-state index contributed by atoms with van der Waals surface area (Å²) in [6.45, 7) is 6.90. The minimum atomic E-state index is -0.0220. The first kappa shape index (κ1) is 17.8. The molecule has 0 saturated carbocycles. The molecule has 0 bridgehead atoms. The number of carbonyl (C=O) groups excluding carboxylic acids is 1. The maximum Gasteiger partial charge on any atom is 0.271 e. The normalized spacial score (nSPS) is 10.7. The van der Waals surface area contributed by atoms with Gasteiger partial charge >= 0.3 is 0 Å². The van der Waals surface area contributed by atoms with Gasteiger partial charge in [-0.05, 0) is 30.7 Å². The molecular weight excluding hydrogens is 324 g/mol. The maximum absolute atomic E-state index is 13.2. The first-order valence-corrected chi connectivity index (χ1v) is 8.63. The van der Waals surface area contributed by atoms with Gasteiger partial charge in [0.2, 0.25) is 0 Å². The van der Waals surface area contributed by atoms with Gasteiger partial charge in [-0.25, -0.2) is 0 Å². The van der Waals surface area contributed by atoms with Crippen LogP contribution in [0.5, 0.6) is 5.75 Å². The van der Waals surface area contributed by atoms with Crippen molar-refractivity contribution in [2.45, 2.75) is 13.5 Å². The fourth-order valence-corrected chi connectivity index (χ4v) is 3.17. The molecule has 3 aromatic rings. The SMILES string of the molecule is C=CCN(Cc1ccc(C)cc1)C(=O)c1cc2c(OC)cccc2n1C. The van der Waals surface area contributed by atoms with Crippen LogP contribution in [0, 0.1) is 6.92 Å². The predicted molar refractivity (Wildman–Crippen MR) is 106 cm³/mol. The highest BCUT2D eigenvalue weighted by Gasteiger charge is 2.20. The molecule has 0 N–H and O–H groups in total. The van der Waals surface area contributed by atoms with Gasteiger partial charge in [-0.15, -0.1) is 6.58 Å². The fraction of sp³-hybridized carbons (Fsp3) is 0.227. The quantitative estimate of drug-likeness (QED) is 0.622. The van der Waals surface area contributed by atoms with Crippen molar-refractivity contribution in [3.63, 3.8) is 0 Å². The van der Waals surface area contributed by atoms with Crippen LogP contribution in [0.25, 0.3) is 10.9 Å². The number of benzene rings is 2. The Morgan fingerprint density at radius 2 is 1.96 bits per heavy atom. The molecule has 0 radical (unpaired) electrons. The number of aromatic nitrogens is 1. The Morgan fingerprint density at radius 3 is 2.62 bits per heavy atom. The number of aryl methyl sites for hydroxylation is 2. The first-order valence-electron chi connectivity index (χ1n) is 8.63. The largest absolute Gasteiger partial charge is 0.496 e. The third-order valence-electron chi connectivity index (χ3n) is 4.62. The van der Waals surface area contributed by atoms with Gasteiger partial charge in [0.1, 0.15) is 11.4 Å². The lowest BCUT2D eigenvalue weighted by Crippen LogP contribution is -2.32. The Bertz CT molecular complexity index is 939. The van der Waals surface area contributed by atoms with Crippen molar-refractivity contribution < 1.29 is 9.53 Å². The summed E-state index contributed by atoms with van der Waals surface area (Å²) >= 11 is 0. The summed E-state index contributed by atoms with van der Waals surface area (Å²) in [7, 11) is 3.55. The number of nitrogens with zero attached hydrogens (tertiary/aromatic N) is 2. The topological polar surface area (TPSA) is 34.5 Å². The summed E-state index contributed by atoms with van der Waals surface area (Å²) < 4.78 is 7.36. The summed E-state index contributed by atoms with van der Waals surface area (Å²) in [4.78, 5) is 15.0. The monoisotopic (exact) mass is 348 g/mol. The molecule has 1 aromatic heterocycles. The third-order valence-corrected chi connectivity index (χ3v) is 4.62. The van der Waals surface area contributed by atoms with Crippen LogP contribution in [0.3, 0.4) is 0 Å². The Morgan fingerprint density at radius 1 is 1.23 bits per heavy atom. The summed E-state index contributed by atoms with van der Waals surface area (Å²) in [6.07, 6.45) is 1.76. The van der Waals surface area contributed by atoms with E-state index < -0.39 is 0 Å². The zero-order chi connectivity index (χ0) is 18.7. The van der Waals surface area contributed by atoms with Gasteiger partial charge in [0.05, 0.1) is 12.6 Å². The summed E-state index contributed by atoms with van der Waals surface area (Å²) in [5.74, 6) is 0.747. The van der Waals surface area contributed by atoms with Gasteiger partial charge in [-0.3, -0.25) is 4.79 Å². The molecule has 3 rings (SSSR count). The molecule has 134 valence electrons. The molecular formula is C22H24N2O2. The van der Waals surface area contributed by atoms with E-state index in [1.54, 1.807) is 18.1 Å². The number of fused-ring (bicyclic) bond motifs is 1. The lowest BCUT2D eigenvalue weighted by Gasteiger charge is -2.21. The number of hydrogen-bond acceptors (Lipinski definition) is 2. The zero-order valence-corrected chi connectivity index (χ0v) is 15.5. The highest BCUT2D eigenvalue weighted by molar-refractivity contribution is 6.00. The van der Waals surface area contributed by atoms with Gasteiger partial charge < -0.3 is 14.2 Å². The lowest BCUT2D eigenvalue weighted by atomic mass is 10.1. The first-order chi connectivity index (χ1) is 12.5. The van der Waals surface area contributed by atoms with Crippen LogP contribution in [-0.2, 0) is 13.6 Å². The molecule has 0 unspecified atom stereocenters. The second-order valence-electron chi connectivity index (χ2n) is 6.44. The van der Waals surface area contributed by atoms with Crippen molar-refractivity contribution >= 4 is 16.8 Å². The van der Waals surface area contributed by atoms with Gasteiger partial charge in [0.15, 0.2) is 0 Å². The molecule has 0 atom stereocenters. The molecule has 4 heteroatoms. The van der Waals surface area contributed by atoms with Crippen LogP contribution in [0.2, 0.25) is 0 Å². The molecule has 0 aliphatic heterocycles. The fourth-order valence-electron chi connectivity index (χ4n) is 3.17. The molecule has 1 heterocycles. The van der Waals surface area contributed by atoms with E-state index in [2.05, 4.69) is 37.8 Å². The number of rotatable bonds is 6. The molecule has 2 aromatic carbocycles. The summed E-state index contributed by atoms with van der Waals surface area (Å²) in [6, 6.07) is 16.0. The van der Waals surface area contributed by atoms with Crippen molar-refractivity contribution in [3.8, 4) is 5.75 Å². The standard InChI is InChI=1S/C22H24N2O2/c1-5-13-24(15-17-11-9-16(2)10-12-17)22(25)20-14-18-19(23(20)3)7-6-8-21(18)26-4/h5-12,14H,1,13,15H2,2-4H3. The van der Waals surface area contributed by atoms with Crippen LogP contribution in [0.15, 0.2) is 61.2 Å². The second-order valence-corrected chi connectivity index (χ2v) is 6.44. The van der Waals surface area contributed by atoms with E-state index in [9.17, 15) is 4.79 Å². The smallest absolute Gasteiger partial charge is 0.271 e. The van der Waals surface area contributed by atoms with Gasteiger partial charge in [-0.2, -0.15) is 0 Å². The Hall–Kier alpha value is -3.01. The molecule has 4 nitrogen and oxygen atoms in total. The summed E-state index contributed by atoms with van der Waals surface area (Å²) in [5.41, 5.74) is 3.92. The zero-order valence-electron chi connectivity index (χ0n) is 15.5. The van der Waals surface area contributed by atoms with Crippen molar-refractivity contribution in [2.75, 3.05) is 13.7 Å². The Kier molecular flexibility index (Phi) is 5.12. The highest BCUT2D eigenvalue weighted by atomic mass is 16.5. The average Bonchev–Trinajstić information content (AvgIpc) is 2.99. The van der Waals surface area contributed by atoms with E-state index in [-0.39, 0.29) is 5.91 Å². The lowest BCUT2D eigenvalue weighted by molar-refractivity contribution is 0.0753. The minimum Gasteiger partial charge on any atom is -0.496 e. The van der Waals surface area contributed by atoms with Crippen molar-refractivity contribution in [3.05, 3.63) is 78.0 Å². The van der Waals surface area contributed by atoms with Crippen LogP contribution in [-0.4, -0.2) is 29.0 Å². The van der Waals surface area contributed by atoms with Crippen LogP contribution in [0.1, 0.15) is 21.6 Å². The minimum absolute atomic E-state index is 0.0220. The van der Waals surface area contributed by atoms with E-state index in [0.717, 1.165) is 22.2 Å². The average molecular weight is 348 g/mol. The Labute approximate surface area is 154 Å². The van der Waals surface area contributed by atoms with E-state index in [0.29, 0.717) is 18.8 Å². The maximum atomic E-state index is 13.2. The van der Waals surface area contributed by atoms with Crippen molar-refractivity contribution in [1.29, 1.82) is 0 Å². The van der Waals surface area contributed by atoms with Crippen molar-refractivity contribution in [2.24, 2.45) is 7.05 Å². The third kappa shape index (κ3) is 3.36. The molecule has 1 amide bonds. The van der Waals surface area contributed by atoms with E-state index >= 15 is 0 Å². The van der Waals surface area contributed by atoms with Gasteiger partial charge in [0.25, 0.3) is 5.91 Å². The molecule has 0 saturated heterocycles. The number of methoxy groups -OCH3 is 1. The number of amides is 1.